The highest BCUT2D eigenvalue weighted by Gasteiger charge is 2.40. The van der Waals surface area contributed by atoms with E-state index in [1.807, 2.05) is 72.8 Å². The van der Waals surface area contributed by atoms with E-state index in [-0.39, 0.29) is 29.1 Å². The van der Waals surface area contributed by atoms with Crippen LogP contribution in [0.15, 0.2) is 96.6 Å². The summed E-state index contributed by atoms with van der Waals surface area (Å²) in [6, 6.07) is 27.7. The number of ether oxygens (including phenoxy) is 2. The Kier molecular flexibility index (Phi) is 13.9. The quantitative estimate of drug-likeness (QED) is 0.0621. The Bertz CT molecular complexity index is 1490. The Morgan fingerprint density at radius 2 is 1.47 bits per heavy atom. The van der Waals surface area contributed by atoms with E-state index in [1.165, 1.54) is 5.57 Å². The zero-order valence-electron chi connectivity index (χ0n) is 30.3. The standard InChI is InChI=1S/C42H56O6Si/c1-31(46-36-21-12-8-13-22-36)17-16-20-34-29-30-38(47-41(45)35-27-25-33(26-28-35)32-18-10-7-11-19-32)37(34)23-14-9-15-24-39(40(43)44)48-49(5,6)42(2,3)4/h7-8,10-13,18-19,21-22,25-29,31,37-39H,9,14-17,20,23-24,30H2,1-6H3,(H,43,44)/t31?,37-,38+,39?/m1/s1. The fourth-order valence-corrected chi connectivity index (χ4v) is 7.55. The van der Waals surface area contributed by atoms with Gasteiger partial charge in [-0.3, -0.25) is 0 Å². The summed E-state index contributed by atoms with van der Waals surface area (Å²) in [4.78, 5) is 25.4. The van der Waals surface area contributed by atoms with E-state index in [0.717, 1.165) is 61.8 Å². The number of para-hydroxylation sites is 1. The van der Waals surface area contributed by atoms with Gasteiger partial charge in [-0.2, -0.15) is 0 Å². The van der Waals surface area contributed by atoms with Gasteiger partial charge >= 0.3 is 11.9 Å². The monoisotopic (exact) mass is 684 g/mol. The molecule has 49 heavy (non-hydrogen) atoms. The van der Waals surface area contributed by atoms with E-state index in [4.69, 9.17) is 13.9 Å². The van der Waals surface area contributed by atoms with Crippen LogP contribution in [0.25, 0.3) is 11.1 Å². The molecule has 0 bridgehead atoms. The number of carbonyl (C=O) groups is 2. The summed E-state index contributed by atoms with van der Waals surface area (Å²) in [6.07, 6.45) is 8.99. The van der Waals surface area contributed by atoms with Crippen molar-refractivity contribution in [3.05, 3.63) is 102 Å². The number of aliphatic carboxylic acids is 1. The molecule has 264 valence electrons. The van der Waals surface area contributed by atoms with Crippen LogP contribution in [0.4, 0.5) is 0 Å². The van der Waals surface area contributed by atoms with E-state index < -0.39 is 20.4 Å². The maximum atomic E-state index is 13.3. The van der Waals surface area contributed by atoms with Gasteiger partial charge < -0.3 is 19.0 Å². The largest absolute Gasteiger partial charge is 0.491 e. The van der Waals surface area contributed by atoms with Gasteiger partial charge in [0.2, 0.25) is 0 Å². The summed E-state index contributed by atoms with van der Waals surface area (Å²) in [5.41, 5.74) is 4.08. The number of carbonyl (C=O) groups excluding carboxylic acids is 1. The fraction of sp³-hybridized carbons (Fsp3) is 0.476. The Hall–Kier alpha value is -3.68. The third-order valence-corrected chi connectivity index (χ3v) is 14.7. The Morgan fingerprint density at radius 1 is 0.837 bits per heavy atom. The molecule has 0 aliphatic heterocycles. The lowest BCUT2D eigenvalue weighted by molar-refractivity contribution is -0.146. The van der Waals surface area contributed by atoms with Crippen molar-refractivity contribution in [2.45, 2.75) is 122 Å². The fourth-order valence-electron chi connectivity index (χ4n) is 6.27. The SMILES string of the molecule is CC(CCCC1=CC[C@H](OC(=O)c2ccc(-c3ccccc3)cc2)[C@@H]1CCCCCC(O[Si](C)(C)C(C)(C)C)C(=O)O)Oc1ccccc1. The molecule has 1 N–H and O–H groups in total. The predicted octanol–water partition coefficient (Wildman–Crippen LogP) is 10.9. The number of esters is 1. The molecule has 0 spiro atoms. The van der Waals surface area contributed by atoms with Gasteiger partial charge in [-0.1, -0.05) is 112 Å². The normalized spacial score (nSPS) is 17.6. The smallest absolute Gasteiger partial charge is 0.338 e. The molecule has 1 aliphatic carbocycles. The number of hydrogen-bond acceptors (Lipinski definition) is 5. The van der Waals surface area contributed by atoms with Crippen molar-refractivity contribution < 1.29 is 28.6 Å². The lowest BCUT2D eigenvalue weighted by atomic mass is 9.89. The summed E-state index contributed by atoms with van der Waals surface area (Å²) in [5.74, 6) is -0.130. The maximum absolute atomic E-state index is 13.3. The molecule has 6 nitrogen and oxygen atoms in total. The van der Waals surface area contributed by atoms with Crippen molar-refractivity contribution in [1.29, 1.82) is 0 Å². The number of carboxylic acid groups (broad SMARTS) is 1. The van der Waals surface area contributed by atoms with Crippen molar-refractivity contribution in [3.8, 4) is 16.9 Å². The van der Waals surface area contributed by atoms with Gasteiger partial charge in [-0.25, -0.2) is 9.59 Å². The first-order valence-corrected chi connectivity index (χ1v) is 20.9. The first-order chi connectivity index (χ1) is 23.3. The molecule has 0 amide bonds. The maximum Gasteiger partial charge on any atom is 0.338 e. The predicted molar refractivity (Wildman–Crippen MR) is 200 cm³/mol. The number of benzene rings is 3. The second kappa shape index (κ2) is 17.8. The van der Waals surface area contributed by atoms with E-state index in [9.17, 15) is 14.7 Å². The molecule has 3 aromatic rings. The van der Waals surface area contributed by atoms with Gasteiger partial charge in [-0.05, 0) is 92.6 Å². The molecule has 2 unspecified atom stereocenters. The van der Waals surface area contributed by atoms with Gasteiger partial charge in [0.05, 0.1) is 11.7 Å². The minimum absolute atomic E-state index is 0.0479. The molecule has 1 aliphatic rings. The second-order valence-corrected chi connectivity index (χ2v) is 19.7. The average molecular weight is 685 g/mol. The van der Waals surface area contributed by atoms with Gasteiger partial charge in [0.25, 0.3) is 0 Å². The van der Waals surface area contributed by atoms with Crippen LogP contribution in [0, 0.1) is 5.92 Å². The van der Waals surface area contributed by atoms with Crippen LogP contribution >= 0.6 is 0 Å². The summed E-state index contributed by atoms with van der Waals surface area (Å²) >= 11 is 0. The Labute approximate surface area is 295 Å². The van der Waals surface area contributed by atoms with Crippen LogP contribution in [0.5, 0.6) is 5.75 Å². The topological polar surface area (TPSA) is 82.1 Å². The molecule has 0 heterocycles. The summed E-state index contributed by atoms with van der Waals surface area (Å²) in [5, 5.41) is 9.84. The summed E-state index contributed by atoms with van der Waals surface area (Å²) < 4.78 is 18.6. The molecule has 0 fully saturated rings. The molecule has 7 heteroatoms. The van der Waals surface area contributed by atoms with Crippen molar-refractivity contribution in [2.75, 3.05) is 0 Å². The average Bonchev–Trinajstić information content (AvgIpc) is 3.44. The van der Waals surface area contributed by atoms with Crippen LogP contribution in [-0.2, 0) is 14.0 Å². The lowest BCUT2D eigenvalue weighted by Gasteiger charge is -2.38. The van der Waals surface area contributed by atoms with Gasteiger partial charge in [-0.15, -0.1) is 0 Å². The number of carboxylic acids is 1. The van der Waals surface area contributed by atoms with E-state index >= 15 is 0 Å². The molecule has 0 saturated heterocycles. The molecule has 3 aromatic carbocycles. The molecule has 4 atom stereocenters. The van der Waals surface area contributed by atoms with Gasteiger partial charge in [0, 0.05) is 12.3 Å². The number of hydrogen-bond donors (Lipinski definition) is 1. The minimum atomic E-state index is -2.19. The highest BCUT2D eigenvalue weighted by Crippen LogP contribution is 2.39. The highest BCUT2D eigenvalue weighted by atomic mass is 28.4. The molecular weight excluding hydrogens is 629 g/mol. The molecular formula is C42H56O6Si. The van der Waals surface area contributed by atoms with E-state index in [2.05, 4.69) is 59.0 Å². The Morgan fingerprint density at radius 3 is 2.10 bits per heavy atom. The summed E-state index contributed by atoms with van der Waals surface area (Å²) in [7, 11) is -2.19. The first kappa shape index (κ1) is 38.1. The van der Waals surface area contributed by atoms with Crippen molar-refractivity contribution in [3.63, 3.8) is 0 Å². The zero-order valence-corrected chi connectivity index (χ0v) is 31.3. The number of rotatable bonds is 18. The Balaban J connectivity index is 1.34. The van der Waals surface area contributed by atoms with Gasteiger partial charge in [0.1, 0.15) is 18.0 Å². The highest BCUT2D eigenvalue weighted by molar-refractivity contribution is 6.74. The van der Waals surface area contributed by atoms with Crippen LogP contribution < -0.4 is 4.74 Å². The molecule has 0 aromatic heterocycles. The van der Waals surface area contributed by atoms with E-state index in [0.29, 0.717) is 18.4 Å². The van der Waals surface area contributed by atoms with Crippen LogP contribution in [0.1, 0.15) is 95.8 Å². The molecule has 0 saturated carbocycles. The van der Waals surface area contributed by atoms with Crippen LogP contribution in [-0.4, -0.2) is 43.7 Å². The summed E-state index contributed by atoms with van der Waals surface area (Å²) in [6.45, 7) is 12.7. The number of unbranched alkanes of at least 4 members (excludes halogenated alkanes) is 2. The lowest BCUT2D eigenvalue weighted by Crippen LogP contribution is -2.46. The van der Waals surface area contributed by atoms with Gasteiger partial charge in [0.15, 0.2) is 8.32 Å². The van der Waals surface area contributed by atoms with E-state index in [1.54, 1.807) is 0 Å². The van der Waals surface area contributed by atoms with Crippen molar-refractivity contribution in [1.82, 2.24) is 0 Å². The third kappa shape index (κ3) is 11.4. The zero-order chi connectivity index (χ0) is 35.4. The van der Waals surface area contributed by atoms with Crippen molar-refractivity contribution in [2.24, 2.45) is 5.92 Å². The molecule has 0 radical (unpaired) electrons. The third-order valence-electron chi connectivity index (χ3n) is 10.2. The van der Waals surface area contributed by atoms with Crippen LogP contribution in [0.2, 0.25) is 18.1 Å². The second-order valence-electron chi connectivity index (χ2n) is 15.0. The van der Waals surface area contributed by atoms with Crippen LogP contribution in [0.3, 0.4) is 0 Å². The molecule has 4 rings (SSSR count). The minimum Gasteiger partial charge on any atom is -0.491 e. The first-order valence-electron chi connectivity index (χ1n) is 18.0. The van der Waals surface area contributed by atoms with Crippen molar-refractivity contribution >= 4 is 20.3 Å².